The smallest absolute Gasteiger partial charge is 0.324 e. The van der Waals surface area contributed by atoms with E-state index in [4.69, 9.17) is 28.9 Å². The quantitative estimate of drug-likeness (QED) is 0.463. The zero-order valence-corrected chi connectivity index (χ0v) is 15.0. The molecule has 26 heavy (non-hydrogen) atoms. The van der Waals surface area contributed by atoms with E-state index in [2.05, 4.69) is 0 Å². The Morgan fingerprint density at radius 1 is 1.12 bits per heavy atom. The van der Waals surface area contributed by atoms with Crippen LogP contribution in [0.5, 0.6) is 0 Å². The van der Waals surface area contributed by atoms with E-state index in [1.807, 2.05) is 12.1 Å². The van der Waals surface area contributed by atoms with Gasteiger partial charge >= 0.3 is 6.18 Å². The Labute approximate surface area is 158 Å². The second-order valence-electron chi connectivity index (χ2n) is 6.28. The lowest BCUT2D eigenvalue weighted by atomic mass is 9.96. The second-order valence-corrected chi connectivity index (χ2v) is 7.09. The molecule has 0 spiro atoms. The number of benzene rings is 2. The van der Waals surface area contributed by atoms with Crippen LogP contribution < -0.4 is 5.73 Å². The number of rotatable bonds is 3. The highest BCUT2D eigenvalue weighted by Crippen LogP contribution is 2.39. The number of hydrogen-bond donors (Lipinski definition) is 1. The molecule has 138 valence electrons. The third-order valence-corrected chi connectivity index (χ3v) is 5.04. The lowest BCUT2D eigenvalue weighted by molar-refractivity contribution is -0.139. The standard InChI is InChI=1S/C19H15Cl2F4N/c20-15-8-12(9-16(21)18(15)22)14(19(23,24)25)5-2-10-1-4-13-11(7-10)3-6-17(13)26/h1-2,4-5,7-9,14,17H,3,6,26H2/t14?,17-/m1/s1. The lowest BCUT2D eigenvalue weighted by Crippen LogP contribution is -2.19. The molecule has 0 radical (unpaired) electrons. The molecule has 1 aliphatic carbocycles. The summed E-state index contributed by atoms with van der Waals surface area (Å²) in [6.45, 7) is 0. The van der Waals surface area contributed by atoms with Crippen molar-refractivity contribution in [2.24, 2.45) is 5.73 Å². The van der Waals surface area contributed by atoms with Crippen molar-refractivity contribution >= 4 is 29.3 Å². The van der Waals surface area contributed by atoms with E-state index >= 15 is 0 Å². The molecule has 0 bridgehead atoms. The highest BCUT2D eigenvalue weighted by molar-refractivity contribution is 6.35. The van der Waals surface area contributed by atoms with Crippen molar-refractivity contribution in [3.8, 4) is 0 Å². The van der Waals surface area contributed by atoms with E-state index in [0.717, 1.165) is 42.2 Å². The molecule has 0 saturated carbocycles. The number of nitrogens with two attached hydrogens (primary N) is 1. The molecule has 3 rings (SSSR count). The molecule has 1 aliphatic rings. The maximum Gasteiger partial charge on any atom is 0.399 e. The second kappa shape index (κ2) is 7.22. The van der Waals surface area contributed by atoms with Gasteiger partial charge in [-0.05, 0) is 47.2 Å². The Morgan fingerprint density at radius 2 is 1.77 bits per heavy atom. The predicted octanol–water partition coefficient (Wildman–Crippen LogP) is 6.44. The molecule has 1 nitrogen and oxygen atoms in total. The van der Waals surface area contributed by atoms with Crippen molar-refractivity contribution in [2.75, 3.05) is 0 Å². The summed E-state index contributed by atoms with van der Waals surface area (Å²) in [5.74, 6) is -2.88. The van der Waals surface area contributed by atoms with Crippen molar-refractivity contribution in [1.82, 2.24) is 0 Å². The monoisotopic (exact) mass is 403 g/mol. The number of alkyl halides is 3. The average molecular weight is 404 g/mol. The maximum absolute atomic E-state index is 13.5. The summed E-state index contributed by atoms with van der Waals surface area (Å²) in [4.78, 5) is 0. The van der Waals surface area contributed by atoms with Gasteiger partial charge in [0, 0.05) is 6.04 Å². The van der Waals surface area contributed by atoms with Crippen molar-refractivity contribution < 1.29 is 17.6 Å². The molecule has 2 N–H and O–H groups in total. The molecule has 2 aromatic carbocycles. The minimum atomic E-state index is -4.57. The van der Waals surface area contributed by atoms with Crippen LogP contribution in [0.25, 0.3) is 6.08 Å². The lowest BCUT2D eigenvalue weighted by Gasteiger charge is -2.18. The van der Waals surface area contributed by atoms with E-state index in [-0.39, 0.29) is 11.6 Å². The molecule has 0 fully saturated rings. The van der Waals surface area contributed by atoms with Crippen LogP contribution in [0.3, 0.4) is 0 Å². The fourth-order valence-electron chi connectivity index (χ4n) is 3.15. The van der Waals surface area contributed by atoms with Crippen molar-refractivity contribution in [3.63, 3.8) is 0 Å². The summed E-state index contributed by atoms with van der Waals surface area (Å²) in [5.41, 5.74) is 8.49. The Morgan fingerprint density at radius 3 is 2.38 bits per heavy atom. The van der Waals surface area contributed by atoms with Crippen LogP contribution in [0.2, 0.25) is 10.0 Å². The van der Waals surface area contributed by atoms with Gasteiger partial charge in [0.25, 0.3) is 0 Å². The molecule has 7 heteroatoms. The van der Waals surface area contributed by atoms with Gasteiger partial charge < -0.3 is 5.73 Å². The number of aryl methyl sites for hydroxylation is 1. The van der Waals surface area contributed by atoms with Crippen LogP contribution in [0.15, 0.2) is 36.4 Å². The van der Waals surface area contributed by atoms with E-state index in [1.165, 1.54) is 6.08 Å². The van der Waals surface area contributed by atoms with Gasteiger partial charge in [0.15, 0.2) is 5.82 Å². The fraction of sp³-hybridized carbons (Fsp3) is 0.263. The summed E-state index contributed by atoms with van der Waals surface area (Å²) < 4.78 is 54.0. The van der Waals surface area contributed by atoms with Gasteiger partial charge in [0.05, 0.1) is 16.0 Å². The van der Waals surface area contributed by atoms with Crippen molar-refractivity contribution in [3.05, 3.63) is 74.5 Å². The summed E-state index contributed by atoms with van der Waals surface area (Å²) in [6.07, 6.45) is -0.506. The summed E-state index contributed by atoms with van der Waals surface area (Å²) in [7, 11) is 0. The SMILES string of the molecule is N[C@@H]1CCc2cc(C=CC(c3cc(Cl)c(F)c(Cl)c3)C(F)(F)F)ccc21. The Hall–Kier alpha value is -1.56. The predicted molar refractivity (Wildman–Crippen MR) is 95.9 cm³/mol. The molecular weight excluding hydrogens is 389 g/mol. The van der Waals surface area contributed by atoms with Crippen molar-refractivity contribution in [2.45, 2.75) is 31.0 Å². The minimum absolute atomic E-state index is 0.0190. The Kier molecular flexibility index (Phi) is 5.33. The van der Waals surface area contributed by atoms with E-state index in [9.17, 15) is 17.6 Å². The minimum Gasteiger partial charge on any atom is -0.324 e. The van der Waals surface area contributed by atoms with Gasteiger partial charge in [-0.15, -0.1) is 0 Å². The first-order chi connectivity index (χ1) is 12.2. The normalized spacial score (nSPS) is 18.3. The topological polar surface area (TPSA) is 26.0 Å². The molecule has 2 atom stereocenters. The average Bonchev–Trinajstić information content (AvgIpc) is 2.92. The summed E-state index contributed by atoms with van der Waals surface area (Å²) in [5, 5.41) is -0.886. The highest BCUT2D eigenvalue weighted by Gasteiger charge is 2.39. The number of fused-ring (bicyclic) bond motifs is 1. The molecule has 0 aromatic heterocycles. The Balaban J connectivity index is 1.94. The fourth-order valence-corrected chi connectivity index (χ4v) is 3.65. The summed E-state index contributed by atoms with van der Waals surface area (Å²) >= 11 is 11.3. The highest BCUT2D eigenvalue weighted by atomic mass is 35.5. The Bertz CT molecular complexity index is 838. The number of allylic oxidation sites excluding steroid dienone is 1. The van der Waals surface area contributed by atoms with Gasteiger partial charge in [0.2, 0.25) is 0 Å². The van der Waals surface area contributed by atoms with Crippen LogP contribution in [-0.2, 0) is 6.42 Å². The zero-order chi connectivity index (χ0) is 19.1. The molecule has 0 heterocycles. The van der Waals surface area contributed by atoms with Gasteiger partial charge in [-0.3, -0.25) is 0 Å². The van der Waals surface area contributed by atoms with Crippen LogP contribution in [-0.4, -0.2) is 6.18 Å². The van der Waals surface area contributed by atoms with Gasteiger partial charge in [0.1, 0.15) is 0 Å². The van der Waals surface area contributed by atoms with Gasteiger partial charge in [-0.25, -0.2) is 4.39 Å². The first-order valence-electron chi connectivity index (χ1n) is 7.94. The molecule has 1 unspecified atom stereocenters. The van der Waals surface area contributed by atoms with E-state index < -0.39 is 28.0 Å². The van der Waals surface area contributed by atoms with Crippen LogP contribution in [0, 0.1) is 5.82 Å². The van der Waals surface area contributed by atoms with Gasteiger partial charge in [-0.1, -0.05) is 53.6 Å². The zero-order valence-electron chi connectivity index (χ0n) is 13.5. The maximum atomic E-state index is 13.5. The summed E-state index contributed by atoms with van der Waals surface area (Å²) in [6, 6.07) is 7.31. The third kappa shape index (κ3) is 3.90. The van der Waals surface area contributed by atoms with Crippen LogP contribution >= 0.6 is 23.2 Å². The first kappa shape index (κ1) is 19.2. The van der Waals surface area contributed by atoms with E-state index in [0.29, 0.717) is 5.56 Å². The van der Waals surface area contributed by atoms with E-state index in [1.54, 1.807) is 6.07 Å². The molecule has 2 aromatic rings. The largest absolute Gasteiger partial charge is 0.399 e. The molecular formula is C19H15Cl2F4N. The molecule has 0 saturated heterocycles. The van der Waals surface area contributed by atoms with Crippen molar-refractivity contribution in [1.29, 1.82) is 0 Å². The molecule has 0 amide bonds. The van der Waals surface area contributed by atoms with Crippen LogP contribution in [0.4, 0.5) is 17.6 Å². The van der Waals surface area contributed by atoms with Gasteiger partial charge in [-0.2, -0.15) is 13.2 Å². The van der Waals surface area contributed by atoms with Crippen LogP contribution in [0.1, 0.15) is 40.6 Å². The third-order valence-electron chi connectivity index (χ3n) is 4.49. The first-order valence-corrected chi connectivity index (χ1v) is 8.70. The number of halogens is 6. The number of hydrogen-bond acceptors (Lipinski definition) is 1. The molecule has 0 aliphatic heterocycles.